The quantitative estimate of drug-likeness (QED) is 0.561. The number of sulfonamides is 1. The molecule has 1 aromatic carbocycles. The van der Waals surface area contributed by atoms with Crippen molar-refractivity contribution >= 4 is 16.0 Å². The van der Waals surface area contributed by atoms with Crippen LogP contribution in [-0.2, 0) is 21.3 Å². The Kier molecular flexibility index (Phi) is 7.47. The molecule has 0 bridgehead atoms. The molecule has 7 nitrogen and oxygen atoms in total. The molecule has 0 aliphatic rings. The van der Waals surface area contributed by atoms with Crippen LogP contribution in [-0.4, -0.2) is 59.6 Å². The highest BCUT2D eigenvalue weighted by atomic mass is 32.2. The highest BCUT2D eigenvalue weighted by molar-refractivity contribution is 7.89. The molecule has 130 valence electrons. The third-order valence-corrected chi connectivity index (χ3v) is 5.01. The van der Waals surface area contributed by atoms with Gasteiger partial charge in [0.2, 0.25) is 10.0 Å². The zero-order valence-electron chi connectivity index (χ0n) is 14.3. The van der Waals surface area contributed by atoms with Gasteiger partial charge in [0.1, 0.15) is 0 Å². The molecule has 0 spiro atoms. The van der Waals surface area contributed by atoms with Gasteiger partial charge in [0.15, 0.2) is 5.96 Å². The molecule has 0 heterocycles. The third kappa shape index (κ3) is 5.81. The van der Waals surface area contributed by atoms with E-state index in [4.69, 9.17) is 4.74 Å². The van der Waals surface area contributed by atoms with Crippen LogP contribution >= 0.6 is 0 Å². The fraction of sp³-hybridized carbons (Fsp3) is 0.533. The Labute approximate surface area is 138 Å². The Morgan fingerprint density at radius 2 is 1.91 bits per heavy atom. The highest BCUT2D eigenvalue weighted by Crippen LogP contribution is 2.13. The van der Waals surface area contributed by atoms with Crippen LogP contribution in [0.2, 0.25) is 0 Å². The minimum atomic E-state index is -3.39. The summed E-state index contributed by atoms with van der Waals surface area (Å²) in [6.07, 6.45) is 0. The molecule has 0 fully saturated rings. The van der Waals surface area contributed by atoms with E-state index in [9.17, 15) is 8.42 Å². The average Bonchev–Trinajstić information content (AvgIpc) is 2.51. The predicted molar refractivity (Wildman–Crippen MR) is 92.0 cm³/mol. The number of methoxy groups -OCH3 is 1. The van der Waals surface area contributed by atoms with Gasteiger partial charge in [-0.1, -0.05) is 12.1 Å². The molecule has 0 aromatic heterocycles. The molecule has 0 aliphatic carbocycles. The summed E-state index contributed by atoms with van der Waals surface area (Å²) >= 11 is 0. The van der Waals surface area contributed by atoms with E-state index in [-0.39, 0.29) is 10.9 Å². The lowest BCUT2D eigenvalue weighted by Crippen LogP contribution is -2.43. The molecule has 1 atom stereocenters. The second-order valence-corrected chi connectivity index (χ2v) is 7.51. The van der Waals surface area contributed by atoms with E-state index in [2.05, 4.69) is 15.6 Å². The van der Waals surface area contributed by atoms with Crippen LogP contribution in [0.5, 0.6) is 0 Å². The van der Waals surface area contributed by atoms with Gasteiger partial charge in [0.05, 0.1) is 11.5 Å². The van der Waals surface area contributed by atoms with Crippen LogP contribution in [0.15, 0.2) is 34.2 Å². The van der Waals surface area contributed by atoms with E-state index in [0.717, 1.165) is 5.56 Å². The third-order valence-electron chi connectivity index (χ3n) is 3.19. The van der Waals surface area contributed by atoms with Crippen molar-refractivity contribution < 1.29 is 13.2 Å². The first kappa shape index (κ1) is 19.4. The van der Waals surface area contributed by atoms with Crippen molar-refractivity contribution in [2.75, 3.05) is 34.9 Å². The summed E-state index contributed by atoms with van der Waals surface area (Å²) in [5.74, 6) is 0.666. The minimum Gasteiger partial charge on any atom is -0.383 e. The van der Waals surface area contributed by atoms with Crippen LogP contribution in [0.4, 0.5) is 0 Å². The van der Waals surface area contributed by atoms with Gasteiger partial charge < -0.3 is 15.4 Å². The topological polar surface area (TPSA) is 83.0 Å². The lowest BCUT2D eigenvalue weighted by Gasteiger charge is -2.17. The lowest BCUT2D eigenvalue weighted by molar-refractivity contribution is 0.179. The van der Waals surface area contributed by atoms with E-state index in [1.807, 2.05) is 6.92 Å². The van der Waals surface area contributed by atoms with E-state index < -0.39 is 10.0 Å². The summed E-state index contributed by atoms with van der Waals surface area (Å²) in [5, 5.41) is 6.38. The molecule has 1 rings (SSSR count). The van der Waals surface area contributed by atoms with Crippen LogP contribution in [0.3, 0.4) is 0 Å². The normalized spacial score (nSPS) is 13.9. The molecule has 0 aliphatic heterocycles. The Morgan fingerprint density at radius 3 is 2.39 bits per heavy atom. The zero-order valence-corrected chi connectivity index (χ0v) is 15.1. The summed E-state index contributed by atoms with van der Waals surface area (Å²) in [7, 11) is 2.99. The number of nitrogens with zero attached hydrogens (tertiary/aromatic N) is 2. The summed E-state index contributed by atoms with van der Waals surface area (Å²) in [4.78, 5) is 4.42. The molecule has 0 amide bonds. The van der Waals surface area contributed by atoms with Crippen LogP contribution in [0.25, 0.3) is 0 Å². The number of hydrogen-bond acceptors (Lipinski definition) is 4. The summed E-state index contributed by atoms with van der Waals surface area (Å²) in [5.41, 5.74) is 0.963. The van der Waals surface area contributed by atoms with Gasteiger partial charge in [-0.3, -0.25) is 4.99 Å². The maximum Gasteiger partial charge on any atom is 0.242 e. The van der Waals surface area contributed by atoms with Gasteiger partial charge >= 0.3 is 0 Å². The first-order valence-corrected chi connectivity index (χ1v) is 8.73. The van der Waals surface area contributed by atoms with Crippen LogP contribution < -0.4 is 10.6 Å². The fourth-order valence-corrected chi connectivity index (χ4v) is 2.80. The van der Waals surface area contributed by atoms with Gasteiger partial charge in [-0.05, 0) is 24.6 Å². The second kappa shape index (κ2) is 8.85. The molecule has 8 heteroatoms. The molecular formula is C15H26N4O3S. The Balaban J connectivity index is 2.65. The maximum absolute atomic E-state index is 12.0. The number of ether oxygens (including phenoxy) is 1. The van der Waals surface area contributed by atoms with E-state index in [0.29, 0.717) is 19.1 Å². The zero-order chi connectivity index (χ0) is 17.5. The van der Waals surface area contributed by atoms with Gasteiger partial charge in [-0.25, -0.2) is 12.7 Å². The molecule has 1 aromatic rings. The van der Waals surface area contributed by atoms with Gasteiger partial charge in [0, 0.05) is 40.8 Å². The number of benzene rings is 1. The van der Waals surface area contributed by atoms with Crippen LogP contribution in [0.1, 0.15) is 12.5 Å². The van der Waals surface area contributed by atoms with Crippen LogP contribution in [0, 0.1) is 0 Å². The first-order valence-electron chi connectivity index (χ1n) is 7.28. The fourth-order valence-electron chi connectivity index (χ4n) is 1.90. The van der Waals surface area contributed by atoms with Crippen molar-refractivity contribution in [1.29, 1.82) is 0 Å². The number of aliphatic imine (C=N–C) groups is 1. The summed E-state index contributed by atoms with van der Waals surface area (Å²) in [6, 6.07) is 6.93. The van der Waals surface area contributed by atoms with Crippen molar-refractivity contribution in [3.05, 3.63) is 29.8 Å². The Bertz CT molecular complexity index is 612. The predicted octanol–water partition coefficient (Wildman–Crippen LogP) is 0.637. The Hall–Kier alpha value is -1.64. The molecule has 2 N–H and O–H groups in total. The van der Waals surface area contributed by atoms with Crippen molar-refractivity contribution in [3.63, 3.8) is 0 Å². The maximum atomic E-state index is 12.0. The second-order valence-electron chi connectivity index (χ2n) is 5.36. The largest absolute Gasteiger partial charge is 0.383 e. The molecule has 0 saturated carbocycles. The van der Waals surface area contributed by atoms with E-state index >= 15 is 0 Å². The van der Waals surface area contributed by atoms with Crippen molar-refractivity contribution in [3.8, 4) is 0 Å². The van der Waals surface area contributed by atoms with E-state index in [1.165, 1.54) is 18.4 Å². The summed E-state index contributed by atoms with van der Waals surface area (Å²) in [6.45, 7) is 3.12. The molecule has 0 radical (unpaired) electrons. The first-order chi connectivity index (χ1) is 10.8. The number of nitrogens with one attached hydrogen (secondary N) is 2. The molecule has 23 heavy (non-hydrogen) atoms. The van der Waals surface area contributed by atoms with Crippen molar-refractivity contribution in [1.82, 2.24) is 14.9 Å². The number of hydrogen-bond donors (Lipinski definition) is 2. The van der Waals surface area contributed by atoms with Crippen molar-refractivity contribution in [2.24, 2.45) is 4.99 Å². The van der Waals surface area contributed by atoms with Gasteiger partial charge in [0.25, 0.3) is 0 Å². The lowest BCUT2D eigenvalue weighted by atomic mass is 10.2. The highest BCUT2D eigenvalue weighted by Gasteiger charge is 2.16. The molecule has 1 unspecified atom stereocenters. The standard InChI is InChI=1S/C15H26N4O3S/c1-12(11-22-5)18-15(16-2)17-10-13-6-8-14(9-7-13)23(20,21)19(3)4/h6-9,12H,10-11H2,1-5H3,(H2,16,17,18). The minimum absolute atomic E-state index is 0.138. The monoisotopic (exact) mass is 342 g/mol. The average molecular weight is 342 g/mol. The van der Waals surface area contributed by atoms with Gasteiger partial charge in [-0.2, -0.15) is 0 Å². The van der Waals surface area contributed by atoms with Gasteiger partial charge in [-0.15, -0.1) is 0 Å². The number of rotatable bonds is 7. The molecule has 0 saturated heterocycles. The number of guanidine groups is 1. The van der Waals surface area contributed by atoms with Crippen molar-refractivity contribution in [2.45, 2.75) is 24.4 Å². The van der Waals surface area contributed by atoms with E-state index in [1.54, 1.807) is 38.4 Å². The Morgan fingerprint density at radius 1 is 1.30 bits per heavy atom. The summed E-state index contributed by atoms with van der Waals surface area (Å²) < 4.78 is 30.3. The molecular weight excluding hydrogens is 316 g/mol. The SMILES string of the molecule is CN=C(NCc1ccc(S(=O)(=O)N(C)C)cc1)NC(C)COC. The smallest absolute Gasteiger partial charge is 0.242 e.